The van der Waals surface area contributed by atoms with Crippen LogP contribution in [0.15, 0.2) is 18.2 Å². The molecular formula is C19H28ClNO3. The van der Waals surface area contributed by atoms with Gasteiger partial charge in [-0.25, -0.2) is 0 Å². The number of hydrogen-bond acceptors (Lipinski definition) is 3. The van der Waals surface area contributed by atoms with Crippen molar-refractivity contribution < 1.29 is 14.3 Å². The molecule has 0 aliphatic carbocycles. The van der Waals surface area contributed by atoms with Crippen LogP contribution < -0.4 is 9.47 Å². The standard InChI is InChI=1S/C19H28ClNO3/c1-7-15(8-2)21(5)18(22)10-9-14-11-16(20)19(24-13(3)4)17(12-14)23-6/h9-13,15H,7-8H2,1-6H3/b10-9+. The minimum Gasteiger partial charge on any atom is -0.493 e. The molecule has 0 radical (unpaired) electrons. The van der Waals surface area contributed by atoms with E-state index in [2.05, 4.69) is 13.8 Å². The summed E-state index contributed by atoms with van der Waals surface area (Å²) in [5.41, 5.74) is 0.791. The average molecular weight is 354 g/mol. The van der Waals surface area contributed by atoms with Crippen LogP contribution in [0.25, 0.3) is 6.08 Å². The molecule has 0 aromatic heterocycles. The van der Waals surface area contributed by atoms with Crippen molar-refractivity contribution in [2.45, 2.75) is 52.7 Å². The summed E-state index contributed by atoms with van der Waals surface area (Å²) in [7, 11) is 3.40. The van der Waals surface area contributed by atoms with E-state index in [-0.39, 0.29) is 18.1 Å². The lowest BCUT2D eigenvalue weighted by atomic mass is 10.1. The van der Waals surface area contributed by atoms with Crippen molar-refractivity contribution in [1.82, 2.24) is 4.90 Å². The molecule has 0 fully saturated rings. The fourth-order valence-electron chi connectivity index (χ4n) is 2.49. The highest BCUT2D eigenvalue weighted by atomic mass is 35.5. The first-order valence-electron chi connectivity index (χ1n) is 8.33. The van der Waals surface area contributed by atoms with Gasteiger partial charge in [-0.05, 0) is 50.5 Å². The minimum atomic E-state index is -0.0266. The molecule has 134 valence electrons. The Bertz CT molecular complexity index is 580. The first-order chi connectivity index (χ1) is 11.3. The minimum absolute atomic E-state index is 0.00644. The molecular weight excluding hydrogens is 326 g/mol. The van der Waals surface area contributed by atoms with Crippen LogP contribution in [0.2, 0.25) is 5.02 Å². The van der Waals surface area contributed by atoms with E-state index < -0.39 is 0 Å². The van der Waals surface area contributed by atoms with Crippen LogP contribution in [-0.4, -0.2) is 37.1 Å². The number of nitrogens with zero attached hydrogens (tertiary/aromatic N) is 1. The zero-order valence-electron chi connectivity index (χ0n) is 15.4. The lowest BCUT2D eigenvalue weighted by Gasteiger charge is -2.25. The summed E-state index contributed by atoms with van der Waals surface area (Å²) in [5.74, 6) is 1.05. The highest BCUT2D eigenvalue weighted by Crippen LogP contribution is 2.37. The zero-order valence-corrected chi connectivity index (χ0v) is 16.2. The van der Waals surface area contributed by atoms with E-state index in [9.17, 15) is 4.79 Å². The van der Waals surface area contributed by atoms with Crippen molar-refractivity contribution >= 4 is 23.6 Å². The number of amides is 1. The van der Waals surface area contributed by atoms with Gasteiger partial charge in [0.1, 0.15) is 0 Å². The summed E-state index contributed by atoms with van der Waals surface area (Å²) in [6.45, 7) is 8.02. The van der Waals surface area contributed by atoms with E-state index in [1.807, 2.05) is 27.0 Å². The van der Waals surface area contributed by atoms with Crippen molar-refractivity contribution in [3.05, 3.63) is 28.8 Å². The van der Waals surface area contributed by atoms with Gasteiger partial charge in [-0.3, -0.25) is 4.79 Å². The fraction of sp³-hybridized carbons (Fsp3) is 0.526. The quantitative estimate of drug-likeness (QED) is 0.630. The molecule has 0 saturated carbocycles. The highest BCUT2D eigenvalue weighted by Gasteiger charge is 2.15. The Kier molecular flexibility index (Phi) is 8.13. The van der Waals surface area contributed by atoms with Gasteiger partial charge in [0.05, 0.1) is 18.2 Å². The fourth-order valence-corrected chi connectivity index (χ4v) is 2.75. The number of methoxy groups -OCH3 is 1. The van der Waals surface area contributed by atoms with Gasteiger partial charge in [0.2, 0.25) is 5.91 Å². The molecule has 0 aliphatic rings. The third-order valence-corrected chi connectivity index (χ3v) is 4.14. The third-order valence-electron chi connectivity index (χ3n) is 3.86. The number of rotatable bonds is 8. The molecule has 0 N–H and O–H groups in total. The average Bonchev–Trinajstić information content (AvgIpc) is 2.55. The van der Waals surface area contributed by atoms with E-state index in [1.165, 1.54) is 0 Å². The number of benzene rings is 1. The van der Waals surface area contributed by atoms with Crippen LogP contribution in [0, 0.1) is 0 Å². The molecule has 4 nitrogen and oxygen atoms in total. The number of likely N-dealkylation sites (N-methyl/N-ethyl adjacent to an activating group) is 1. The molecule has 0 atom stereocenters. The highest BCUT2D eigenvalue weighted by molar-refractivity contribution is 6.32. The van der Waals surface area contributed by atoms with Crippen molar-refractivity contribution in [3.63, 3.8) is 0 Å². The van der Waals surface area contributed by atoms with E-state index in [4.69, 9.17) is 21.1 Å². The van der Waals surface area contributed by atoms with Gasteiger partial charge in [0.15, 0.2) is 11.5 Å². The second-order valence-electron chi connectivity index (χ2n) is 5.95. The van der Waals surface area contributed by atoms with E-state index in [1.54, 1.807) is 30.2 Å². The Morgan fingerprint density at radius 1 is 1.29 bits per heavy atom. The molecule has 1 amide bonds. The predicted octanol–water partition coefficient (Wildman–Crippen LogP) is 4.80. The Labute approximate surface area is 150 Å². The number of carbonyl (C=O) groups is 1. The molecule has 5 heteroatoms. The molecule has 0 heterocycles. The number of ether oxygens (including phenoxy) is 2. The van der Waals surface area contributed by atoms with Gasteiger partial charge in [-0.2, -0.15) is 0 Å². The molecule has 0 spiro atoms. The summed E-state index contributed by atoms with van der Waals surface area (Å²) in [5, 5.41) is 0.462. The molecule has 0 aliphatic heterocycles. The summed E-state index contributed by atoms with van der Waals surface area (Å²) < 4.78 is 11.0. The van der Waals surface area contributed by atoms with Crippen molar-refractivity contribution in [1.29, 1.82) is 0 Å². The number of carbonyl (C=O) groups excluding carboxylic acids is 1. The van der Waals surface area contributed by atoms with Crippen LogP contribution in [0.5, 0.6) is 11.5 Å². The largest absolute Gasteiger partial charge is 0.493 e. The Hall–Kier alpha value is -1.68. The third kappa shape index (κ3) is 5.45. The van der Waals surface area contributed by atoms with Gasteiger partial charge in [-0.1, -0.05) is 25.4 Å². The Morgan fingerprint density at radius 2 is 1.92 bits per heavy atom. The van der Waals surface area contributed by atoms with Gasteiger partial charge in [-0.15, -0.1) is 0 Å². The summed E-state index contributed by atoms with van der Waals surface area (Å²) in [4.78, 5) is 14.0. The molecule has 0 unspecified atom stereocenters. The first-order valence-corrected chi connectivity index (χ1v) is 8.70. The Morgan fingerprint density at radius 3 is 2.42 bits per heavy atom. The van der Waals surface area contributed by atoms with E-state index >= 15 is 0 Å². The van der Waals surface area contributed by atoms with Crippen molar-refractivity contribution in [3.8, 4) is 11.5 Å². The van der Waals surface area contributed by atoms with Crippen molar-refractivity contribution in [2.75, 3.05) is 14.2 Å². The maximum absolute atomic E-state index is 12.3. The van der Waals surface area contributed by atoms with Crippen LogP contribution in [-0.2, 0) is 4.79 Å². The summed E-state index contributed by atoms with van der Waals surface area (Å²) >= 11 is 6.30. The molecule has 0 bridgehead atoms. The number of halogens is 1. The van der Waals surface area contributed by atoms with Gasteiger partial charge in [0, 0.05) is 19.2 Å². The smallest absolute Gasteiger partial charge is 0.246 e. The second kappa shape index (κ2) is 9.58. The van der Waals surface area contributed by atoms with Crippen LogP contribution in [0.1, 0.15) is 46.1 Å². The maximum Gasteiger partial charge on any atom is 0.246 e. The zero-order chi connectivity index (χ0) is 18.3. The lowest BCUT2D eigenvalue weighted by Crippen LogP contribution is -2.34. The van der Waals surface area contributed by atoms with Gasteiger partial charge >= 0.3 is 0 Å². The number of hydrogen-bond donors (Lipinski definition) is 0. The molecule has 1 aromatic carbocycles. The van der Waals surface area contributed by atoms with Gasteiger partial charge in [0.25, 0.3) is 0 Å². The normalized spacial score (nSPS) is 11.4. The van der Waals surface area contributed by atoms with Crippen LogP contribution in [0.4, 0.5) is 0 Å². The summed E-state index contributed by atoms with van der Waals surface area (Å²) in [6, 6.07) is 3.83. The Balaban J connectivity index is 2.99. The van der Waals surface area contributed by atoms with Crippen LogP contribution in [0.3, 0.4) is 0 Å². The maximum atomic E-state index is 12.3. The van der Waals surface area contributed by atoms with E-state index in [0.29, 0.717) is 16.5 Å². The molecule has 0 saturated heterocycles. The lowest BCUT2D eigenvalue weighted by molar-refractivity contribution is -0.126. The second-order valence-corrected chi connectivity index (χ2v) is 6.36. The molecule has 1 rings (SSSR count). The van der Waals surface area contributed by atoms with Crippen molar-refractivity contribution in [2.24, 2.45) is 0 Å². The molecule has 24 heavy (non-hydrogen) atoms. The van der Waals surface area contributed by atoms with Gasteiger partial charge < -0.3 is 14.4 Å². The topological polar surface area (TPSA) is 38.8 Å². The first kappa shape index (κ1) is 20.4. The monoisotopic (exact) mass is 353 g/mol. The summed E-state index contributed by atoms with van der Waals surface area (Å²) in [6.07, 6.45) is 5.18. The van der Waals surface area contributed by atoms with Crippen LogP contribution >= 0.6 is 11.6 Å². The predicted molar refractivity (Wildman–Crippen MR) is 99.9 cm³/mol. The SMILES string of the molecule is CCC(CC)N(C)C(=O)/C=C/c1cc(Cl)c(OC(C)C)c(OC)c1. The van der Waals surface area contributed by atoms with E-state index in [0.717, 1.165) is 18.4 Å². The molecule has 1 aromatic rings.